The van der Waals surface area contributed by atoms with E-state index in [4.69, 9.17) is 9.47 Å². The van der Waals surface area contributed by atoms with Gasteiger partial charge in [0.2, 0.25) is 0 Å². The summed E-state index contributed by atoms with van der Waals surface area (Å²) in [6, 6.07) is 14.1. The number of nitrogens with zero attached hydrogens (tertiary/aromatic N) is 2. The number of nitrogens with one attached hydrogen (secondary N) is 1. The van der Waals surface area contributed by atoms with Gasteiger partial charge in [-0.1, -0.05) is 18.2 Å². The minimum Gasteiger partial charge on any atom is -0.494 e. The van der Waals surface area contributed by atoms with Crippen molar-refractivity contribution in [3.63, 3.8) is 0 Å². The zero-order valence-electron chi connectivity index (χ0n) is 14.7. The Balaban J connectivity index is 1.80. The van der Waals surface area contributed by atoms with Crippen LogP contribution < -0.4 is 14.8 Å². The van der Waals surface area contributed by atoms with Crippen molar-refractivity contribution >= 4 is 11.8 Å². The standard InChI is InChI=1S/C19H16F3N3O3/c1-2-27-15-10-8-13(9-11-15)24-18(26)28-16-12-23-25(17(16)19(20,21)22)14-6-4-3-5-7-14/h3-12H,2H2,1H3,(H,24,26). The lowest BCUT2D eigenvalue weighted by Crippen LogP contribution is -2.20. The Labute approximate surface area is 158 Å². The van der Waals surface area contributed by atoms with Crippen molar-refractivity contribution in [3.8, 4) is 17.2 Å². The number of alkyl halides is 3. The lowest BCUT2D eigenvalue weighted by Gasteiger charge is -2.13. The number of anilines is 1. The molecule has 0 bridgehead atoms. The van der Waals surface area contributed by atoms with Crippen molar-refractivity contribution in [3.05, 3.63) is 66.5 Å². The lowest BCUT2D eigenvalue weighted by atomic mass is 10.3. The lowest BCUT2D eigenvalue weighted by molar-refractivity contribution is -0.143. The van der Waals surface area contributed by atoms with Crippen LogP contribution in [-0.4, -0.2) is 22.5 Å². The monoisotopic (exact) mass is 391 g/mol. The van der Waals surface area contributed by atoms with Crippen LogP contribution in [0.5, 0.6) is 11.5 Å². The van der Waals surface area contributed by atoms with E-state index in [1.807, 2.05) is 6.92 Å². The molecule has 0 aliphatic rings. The van der Waals surface area contributed by atoms with Crippen molar-refractivity contribution in [2.75, 3.05) is 11.9 Å². The molecule has 0 aliphatic heterocycles. The first kappa shape index (κ1) is 19.3. The molecule has 6 nitrogen and oxygen atoms in total. The number of hydrogen-bond acceptors (Lipinski definition) is 4. The Morgan fingerprint density at radius 3 is 2.39 bits per heavy atom. The van der Waals surface area contributed by atoms with Crippen molar-refractivity contribution in [1.29, 1.82) is 0 Å². The molecule has 0 fully saturated rings. The Bertz CT molecular complexity index is 939. The fourth-order valence-corrected chi connectivity index (χ4v) is 2.48. The van der Waals surface area contributed by atoms with Gasteiger partial charge < -0.3 is 9.47 Å². The normalized spacial score (nSPS) is 11.1. The number of carbonyl (C=O) groups excluding carboxylic acids is 1. The van der Waals surface area contributed by atoms with Crippen LogP contribution in [0.3, 0.4) is 0 Å². The molecule has 0 saturated carbocycles. The fraction of sp³-hybridized carbons (Fsp3) is 0.158. The Morgan fingerprint density at radius 1 is 1.11 bits per heavy atom. The van der Waals surface area contributed by atoms with Gasteiger partial charge in [-0.15, -0.1) is 0 Å². The molecule has 2 aromatic carbocycles. The molecule has 1 aromatic heterocycles. The third kappa shape index (κ3) is 4.43. The maximum absolute atomic E-state index is 13.5. The third-order valence-corrected chi connectivity index (χ3v) is 3.62. The van der Waals surface area contributed by atoms with Gasteiger partial charge in [0.1, 0.15) is 5.75 Å². The van der Waals surface area contributed by atoms with Gasteiger partial charge in [-0.2, -0.15) is 18.3 Å². The molecule has 0 atom stereocenters. The summed E-state index contributed by atoms with van der Waals surface area (Å²) in [7, 11) is 0. The molecule has 0 unspecified atom stereocenters. The first-order chi connectivity index (χ1) is 13.4. The SMILES string of the molecule is CCOc1ccc(NC(=O)Oc2cnn(-c3ccccc3)c2C(F)(F)F)cc1. The predicted octanol–water partition coefficient (Wildman–Crippen LogP) is 4.90. The molecule has 146 valence electrons. The summed E-state index contributed by atoms with van der Waals surface area (Å²) in [4.78, 5) is 12.0. The number of ether oxygens (including phenoxy) is 2. The van der Waals surface area contributed by atoms with E-state index >= 15 is 0 Å². The van der Waals surface area contributed by atoms with E-state index in [1.54, 1.807) is 42.5 Å². The zero-order valence-corrected chi connectivity index (χ0v) is 14.7. The third-order valence-electron chi connectivity index (χ3n) is 3.62. The Kier molecular flexibility index (Phi) is 5.53. The molecule has 1 heterocycles. The van der Waals surface area contributed by atoms with Crippen LogP contribution in [0.15, 0.2) is 60.8 Å². The van der Waals surface area contributed by atoms with Crippen LogP contribution in [-0.2, 0) is 6.18 Å². The highest BCUT2D eigenvalue weighted by molar-refractivity contribution is 5.86. The van der Waals surface area contributed by atoms with Gasteiger partial charge in [-0.3, -0.25) is 5.32 Å². The highest BCUT2D eigenvalue weighted by Crippen LogP contribution is 2.37. The molecular weight excluding hydrogens is 375 g/mol. The van der Waals surface area contributed by atoms with Gasteiger partial charge >= 0.3 is 12.3 Å². The molecule has 0 spiro atoms. The quantitative estimate of drug-likeness (QED) is 0.672. The largest absolute Gasteiger partial charge is 0.494 e. The topological polar surface area (TPSA) is 65.4 Å². The average molecular weight is 391 g/mol. The van der Waals surface area contributed by atoms with Gasteiger partial charge in [0.05, 0.1) is 18.5 Å². The Hall–Kier alpha value is -3.49. The van der Waals surface area contributed by atoms with Gasteiger partial charge in [0.15, 0.2) is 11.4 Å². The molecule has 1 amide bonds. The van der Waals surface area contributed by atoms with E-state index in [-0.39, 0.29) is 5.69 Å². The van der Waals surface area contributed by atoms with Crippen LogP contribution in [0.2, 0.25) is 0 Å². The number of benzene rings is 2. The predicted molar refractivity (Wildman–Crippen MR) is 95.8 cm³/mol. The maximum atomic E-state index is 13.5. The minimum atomic E-state index is -4.78. The second-order valence-electron chi connectivity index (χ2n) is 5.57. The van der Waals surface area contributed by atoms with Crippen LogP contribution in [0, 0.1) is 0 Å². The summed E-state index contributed by atoms with van der Waals surface area (Å²) in [5, 5.41) is 6.09. The maximum Gasteiger partial charge on any atom is 0.437 e. The van der Waals surface area contributed by atoms with E-state index in [9.17, 15) is 18.0 Å². The molecule has 3 rings (SSSR count). The van der Waals surface area contributed by atoms with Gasteiger partial charge in [-0.05, 0) is 43.3 Å². The van der Waals surface area contributed by atoms with E-state index in [0.717, 1.165) is 6.20 Å². The van der Waals surface area contributed by atoms with E-state index in [0.29, 0.717) is 22.7 Å². The summed E-state index contributed by atoms with van der Waals surface area (Å²) >= 11 is 0. The van der Waals surface area contributed by atoms with Crippen LogP contribution in [0.4, 0.5) is 23.7 Å². The summed E-state index contributed by atoms with van der Waals surface area (Å²) < 4.78 is 51.4. The highest BCUT2D eigenvalue weighted by Gasteiger charge is 2.40. The van der Waals surface area contributed by atoms with Crippen molar-refractivity contribution in [1.82, 2.24) is 9.78 Å². The van der Waals surface area contributed by atoms with Crippen LogP contribution in [0.1, 0.15) is 12.6 Å². The Morgan fingerprint density at radius 2 is 1.79 bits per heavy atom. The molecule has 3 aromatic rings. The molecule has 28 heavy (non-hydrogen) atoms. The smallest absolute Gasteiger partial charge is 0.437 e. The number of aromatic nitrogens is 2. The van der Waals surface area contributed by atoms with Crippen molar-refractivity contribution < 1.29 is 27.4 Å². The second kappa shape index (κ2) is 8.03. The molecule has 9 heteroatoms. The average Bonchev–Trinajstić information content (AvgIpc) is 3.08. The van der Waals surface area contributed by atoms with E-state index in [1.165, 1.54) is 12.1 Å². The van der Waals surface area contributed by atoms with Gasteiger partial charge in [-0.25, -0.2) is 9.48 Å². The summed E-state index contributed by atoms with van der Waals surface area (Å²) in [5.41, 5.74) is -0.644. The van der Waals surface area contributed by atoms with Gasteiger partial charge in [0, 0.05) is 5.69 Å². The number of rotatable bonds is 5. The number of halogens is 3. The molecular formula is C19H16F3N3O3. The fourth-order valence-electron chi connectivity index (χ4n) is 2.48. The molecule has 0 aliphatic carbocycles. The number of para-hydroxylation sites is 1. The summed E-state index contributed by atoms with van der Waals surface area (Å²) in [6.07, 6.45) is -4.99. The molecule has 0 saturated heterocycles. The first-order valence-electron chi connectivity index (χ1n) is 8.31. The van der Waals surface area contributed by atoms with Crippen molar-refractivity contribution in [2.45, 2.75) is 13.1 Å². The minimum absolute atomic E-state index is 0.191. The van der Waals surface area contributed by atoms with Crippen LogP contribution in [0.25, 0.3) is 5.69 Å². The van der Waals surface area contributed by atoms with E-state index in [2.05, 4.69) is 10.4 Å². The number of amides is 1. The second-order valence-corrected chi connectivity index (χ2v) is 5.57. The first-order valence-corrected chi connectivity index (χ1v) is 8.31. The molecule has 0 radical (unpaired) electrons. The van der Waals surface area contributed by atoms with Crippen LogP contribution >= 0.6 is 0 Å². The highest BCUT2D eigenvalue weighted by atomic mass is 19.4. The number of carbonyl (C=O) groups is 1. The zero-order chi connectivity index (χ0) is 20.1. The molecule has 1 N–H and O–H groups in total. The van der Waals surface area contributed by atoms with Crippen molar-refractivity contribution in [2.24, 2.45) is 0 Å². The number of hydrogen-bond donors (Lipinski definition) is 1. The van der Waals surface area contributed by atoms with E-state index < -0.39 is 23.7 Å². The summed E-state index contributed by atoms with van der Waals surface area (Å²) in [6.45, 7) is 2.32. The summed E-state index contributed by atoms with van der Waals surface area (Å²) in [5.74, 6) is -0.0929. The van der Waals surface area contributed by atoms with Gasteiger partial charge in [0.25, 0.3) is 0 Å².